The van der Waals surface area contributed by atoms with Crippen molar-refractivity contribution < 1.29 is 9.59 Å². The molecule has 8 nitrogen and oxygen atoms in total. The van der Waals surface area contributed by atoms with E-state index in [0.29, 0.717) is 24.7 Å². The van der Waals surface area contributed by atoms with E-state index in [4.69, 9.17) is 9.97 Å². The predicted octanol–water partition coefficient (Wildman–Crippen LogP) is 7.06. The van der Waals surface area contributed by atoms with Gasteiger partial charge in [-0.05, 0) is 85.5 Å². The summed E-state index contributed by atoms with van der Waals surface area (Å²) in [6, 6.07) is 17.2. The fourth-order valence-electron chi connectivity index (χ4n) is 7.06. The number of H-pyrrole nitrogens is 2. The molecule has 2 N–H and O–H groups in total. The molecule has 4 heterocycles. The molecule has 4 fully saturated rings. The Kier molecular flexibility index (Phi) is 7.07. The second-order valence-corrected chi connectivity index (χ2v) is 13.3. The first-order chi connectivity index (χ1) is 21.6. The van der Waals surface area contributed by atoms with E-state index in [9.17, 15) is 9.59 Å². The summed E-state index contributed by atoms with van der Waals surface area (Å²) in [6.45, 7) is 1.67. The number of aromatic amines is 2. The van der Waals surface area contributed by atoms with Crippen LogP contribution < -0.4 is 0 Å². The van der Waals surface area contributed by atoms with E-state index in [1.54, 1.807) is 0 Å². The van der Waals surface area contributed by atoms with Gasteiger partial charge in [0.25, 0.3) is 0 Å². The number of carbonyl (C=O) groups excluding carboxylic acids is 2. The highest BCUT2D eigenvalue weighted by atomic mass is 16.2. The van der Waals surface area contributed by atoms with Crippen LogP contribution in [-0.2, 0) is 9.59 Å². The standard InChI is InChI=1S/C36H40N6O2/c43-33(19-23-5-6-23)41-17-1-3-31(41)35-37-21-29(39-35)27-13-9-25(10-14-27)26-11-15-28(16-12-26)30-22-38-36(40-30)32-4-2-18-42(32)34(44)20-24-7-8-24/h9-16,21-24,31-32H,1-8,17-20H2,(H,37,39)(H,38,40). The first-order valence-corrected chi connectivity index (χ1v) is 16.5. The fourth-order valence-corrected chi connectivity index (χ4v) is 7.06. The van der Waals surface area contributed by atoms with Crippen LogP contribution in [0, 0.1) is 11.8 Å². The summed E-state index contributed by atoms with van der Waals surface area (Å²) < 4.78 is 0. The minimum Gasteiger partial charge on any atom is -0.340 e. The predicted molar refractivity (Wildman–Crippen MR) is 169 cm³/mol. The number of likely N-dealkylation sites (tertiary alicyclic amines) is 2. The lowest BCUT2D eigenvalue weighted by Crippen LogP contribution is -2.31. The second kappa shape index (κ2) is 11.4. The van der Waals surface area contributed by atoms with Crippen molar-refractivity contribution in [1.82, 2.24) is 29.7 Å². The molecule has 2 atom stereocenters. The third-order valence-electron chi connectivity index (χ3n) is 10.0. The molecule has 2 saturated heterocycles. The van der Waals surface area contributed by atoms with Crippen LogP contribution in [0.1, 0.15) is 87.9 Å². The second-order valence-electron chi connectivity index (χ2n) is 13.3. The van der Waals surface area contributed by atoms with Crippen molar-refractivity contribution in [3.8, 4) is 33.6 Å². The zero-order valence-corrected chi connectivity index (χ0v) is 25.2. The molecule has 4 aromatic rings. The molecule has 8 heteroatoms. The minimum atomic E-state index is 0.0608. The monoisotopic (exact) mass is 588 g/mol. The van der Waals surface area contributed by atoms with Gasteiger partial charge in [0.2, 0.25) is 11.8 Å². The summed E-state index contributed by atoms with van der Waals surface area (Å²) in [7, 11) is 0. The Morgan fingerprint density at radius 3 is 1.36 bits per heavy atom. The Morgan fingerprint density at radius 1 is 0.591 bits per heavy atom. The Bertz CT molecular complexity index is 1520. The normalized spacial score (nSPS) is 21.7. The molecule has 2 amide bonds. The minimum absolute atomic E-state index is 0.0608. The smallest absolute Gasteiger partial charge is 0.223 e. The molecule has 4 aliphatic rings. The lowest BCUT2D eigenvalue weighted by molar-refractivity contribution is -0.133. The number of hydrogen-bond donors (Lipinski definition) is 2. The number of rotatable bonds is 9. The zero-order chi connectivity index (χ0) is 29.6. The topological polar surface area (TPSA) is 98.0 Å². The van der Waals surface area contributed by atoms with E-state index in [-0.39, 0.29) is 23.9 Å². The van der Waals surface area contributed by atoms with Gasteiger partial charge in [-0.25, -0.2) is 9.97 Å². The number of carbonyl (C=O) groups is 2. The van der Waals surface area contributed by atoms with Gasteiger partial charge in [-0.1, -0.05) is 48.5 Å². The third kappa shape index (κ3) is 5.58. The Labute approximate surface area is 258 Å². The van der Waals surface area contributed by atoms with Crippen LogP contribution in [0.3, 0.4) is 0 Å². The number of hydrogen-bond acceptors (Lipinski definition) is 4. The molecular formula is C36H40N6O2. The average Bonchev–Trinajstić information content (AvgIpc) is 3.71. The maximum atomic E-state index is 12.8. The molecule has 2 aliphatic heterocycles. The first-order valence-electron chi connectivity index (χ1n) is 16.5. The van der Waals surface area contributed by atoms with Gasteiger partial charge in [-0.2, -0.15) is 0 Å². The van der Waals surface area contributed by atoms with Crippen molar-refractivity contribution in [2.45, 2.75) is 76.3 Å². The van der Waals surface area contributed by atoms with Crippen molar-refractivity contribution in [2.24, 2.45) is 11.8 Å². The fraction of sp³-hybridized carbons (Fsp3) is 0.444. The molecule has 8 rings (SSSR count). The van der Waals surface area contributed by atoms with Crippen LogP contribution in [-0.4, -0.2) is 54.6 Å². The van der Waals surface area contributed by atoms with Gasteiger partial charge < -0.3 is 19.8 Å². The van der Waals surface area contributed by atoms with Crippen LogP contribution in [0.5, 0.6) is 0 Å². The van der Waals surface area contributed by atoms with E-state index in [1.807, 2.05) is 22.2 Å². The highest BCUT2D eigenvalue weighted by Crippen LogP contribution is 2.39. The van der Waals surface area contributed by atoms with Crippen LogP contribution in [0.4, 0.5) is 0 Å². The zero-order valence-electron chi connectivity index (χ0n) is 25.2. The van der Waals surface area contributed by atoms with Crippen LogP contribution in [0.2, 0.25) is 0 Å². The van der Waals surface area contributed by atoms with E-state index in [0.717, 1.165) is 84.1 Å². The molecular weight excluding hydrogens is 548 g/mol. The lowest BCUT2D eigenvalue weighted by atomic mass is 10.0. The molecule has 2 aromatic carbocycles. The highest BCUT2D eigenvalue weighted by Gasteiger charge is 2.36. The first kappa shape index (κ1) is 27.4. The third-order valence-corrected chi connectivity index (χ3v) is 10.0. The van der Waals surface area contributed by atoms with Gasteiger partial charge in [0, 0.05) is 25.9 Å². The Balaban J connectivity index is 0.925. The molecule has 2 aliphatic carbocycles. The molecule has 0 radical (unpaired) electrons. The lowest BCUT2D eigenvalue weighted by Gasteiger charge is -2.23. The molecule has 2 aromatic heterocycles. The van der Waals surface area contributed by atoms with Gasteiger partial charge >= 0.3 is 0 Å². The van der Waals surface area contributed by atoms with Crippen molar-refractivity contribution in [3.05, 3.63) is 72.6 Å². The number of nitrogens with zero attached hydrogens (tertiary/aromatic N) is 4. The SMILES string of the molecule is O=C(CC1CC1)N1CCCC1c1ncc(-c2ccc(-c3ccc(-c4cnc(C5CCCN5C(=O)CC5CC5)[nH]4)cc3)cc2)[nH]1. The summed E-state index contributed by atoms with van der Waals surface area (Å²) in [6.07, 6.45) is 14.0. The molecule has 0 bridgehead atoms. The van der Waals surface area contributed by atoms with E-state index < -0.39 is 0 Å². The Hall–Kier alpha value is -4.20. The number of aromatic nitrogens is 4. The van der Waals surface area contributed by atoms with Gasteiger partial charge in [0.1, 0.15) is 11.6 Å². The van der Waals surface area contributed by atoms with Gasteiger partial charge in [-0.15, -0.1) is 0 Å². The molecule has 2 saturated carbocycles. The molecule has 0 spiro atoms. The van der Waals surface area contributed by atoms with Crippen LogP contribution in [0.25, 0.3) is 33.6 Å². The quantitative estimate of drug-likeness (QED) is 0.219. The maximum absolute atomic E-state index is 12.8. The molecule has 2 unspecified atom stereocenters. The number of amides is 2. The summed E-state index contributed by atoms with van der Waals surface area (Å²) in [4.78, 5) is 46.1. The maximum Gasteiger partial charge on any atom is 0.223 e. The van der Waals surface area contributed by atoms with Crippen molar-refractivity contribution in [1.29, 1.82) is 0 Å². The molecule has 44 heavy (non-hydrogen) atoms. The van der Waals surface area contributed by atoms with E-state index in [2.05, 4.69) is 58.5 Å². The van der Waals surface area contributed by atoms with Crippen molar-refractivity contribution in [3.63, 3.8) is 0 Å². The van der Waals surface area contributed by atoms with Crippen LogP contribution >= 0.6 is 0 Å². The molecule has 226 valence electrons. The van der Waals surface area contributed by atoms with E-state index in [1.165, 1.54) is 25.7 Å². The Morgan fingerprint density at radius 2 is 0.977 bits per heavy atom. The average molecular weight is 589 g/mol. The summed E-state index contributed by atoms with van der Waals surface area (Å²) >= 11 is 0. The van der Waals surface area contributed by atoms with Crippen molar-refractivity contribution in [2.75, 3.05) is 13.1 Å². The van der Waals surface area contributed by atoms with Gasteiger partial charge in [-0.3, -0.25) is 9.59 Å². The highest BCUT2D eigenvalue weighted by molar-refractivity contribution is 5.78. The number of imidazole rings is 2. The summed E-state index contributed by atoms with van der Waals surface area (Å²) in [5.74, 6) is 3.57. The largest absolute Gasteiger partial charge is 0.340 e. The summed E-state index contributed by atoms with van der Waals surface area (Å²) in [5.41, 5.74) is 6.42. The number of benzene rings is 2. The number of nitrogens with one attached hydrogen (secondary N) is 2. The van der Waals surface area contributed by atoms with Crippen molar-refractivity contribution >= 4 is 11.8 Å². The van der Waals surface area contributed by atoms with E-state index >= 15 is 0 Å². The van der Waals surface area contributed by atoms with Gasteiger partial charge in [0.05, 0.1) is 35.9 Å². The summed E-state index contributed by atoms with van der Waals surface area (Å²) in [5, 5.41) is 0. The van der Waals surface area contributed by atoms with Crippen LogP contribution in [0.15, 0.2) is 60.9 Å². The van der Waals surface area contributed by atoms with Gasteiger partial charge in [0.15, 0.2) is 0 Å².